The van der Waals surface area contributed by atoms with Gasteiger partial charge in [0.25, 0.3) is 0 Å². The summed E-state index contributed by atoms with van der Waals surface area (Å²) in [5.41, 5.74) is -0.175. The van der Waals surface area contributed by atoms with Gasteiger partial charge in [-0.05, 0) is 37.2 Å². The molecule has 1 heterocycles. The number of anilines is 1. The molecular formula is C14H18N4O2. The summed E-state index contributed by atoms with van der Waals surface area (Å²) in [6.07, 6.45) is 4.48. The normalized spacial score (nSPS) is 25.8. The van der Waals surface area contributed by atoms with Crippen LogP contribution in [0.3, 0.4) is 0 Å². The van der Waals surface area contributed by atoms with Crippen LogP contribution in [0.2, 0.25) is 0 Å². The van der Waals surface area contributed by atoms with Gasteiger partial charge in [0.2, 0.25) is 5.82 Å². The molecule has 0 aromatic carbocycles. The average Bonchev–Trinajstić information content (AvgIpc) is 2.42. The second kappa shape index (κ2) is 5.87. The first-order valence-corrected chi connectivity index (χ1v) is 6.83. The zero-order valence-corrected chi connectivity index (χ0v) is 11.7. The molecule has 2 rings (SSSR count). The summed E-state index contributed by atoms with van der Waals surface area (Å²) in [6, 6.07) is 3.40. The Hall–Kier alpha value is -2.16. The molecule has 1 aromatic rings. The third-order valence-electron chi connectivity index (χ3n) is 4.17. The highest BCUT2D eigenvalue weighted by Crippen LogP contribution is 2.33. The molecule has 0 amide bonds. The van der Waals surface area contributed by atoms with Crippen LogP contribution in [-0.2, 0) is 0 Å². The van der Waals surface area contributed by atoms with Crippen molar-refractivity contribution in [2.75, 3.05) is 5.32 Å². The van der Waals surface area contributed by atoms with Crippen molar-refractivity contribution in [1.29, 1.82) is 5.26 Å². The molecule has 1 saturated carbocycles. The SMILES string of the molecule is CC1CCC(Nc2nccc(C#N)c2[N+](=O)[O-])CC1C. The number of nitrogens with zero attached hydrogens (tertiary/aromatic N) is 3. The first-order chi connectivity index (χ1) is 9.52. The number of hydrogen-bond donors (Lipinski definition) is 1. The Morgan fingerprint density at radius 1 is 1.45 bits per heavy atom. The first-order valence-electron chi connectivity index (χ1n) is 6.83. The number of aromatic nitrogens is 1. The van der Waals surface area contributed by atoms with E-state index >= 15 is 0 Å². The summed E-state index contributed by atoms with van der Waals surface area (Å²) in [6.45, 7) is 4.43. The molecule has 0 bridgehead atoms. The van der Waals surface area contributed by atoms with Gasteiger partial charge in [0, 0.05) is 12.2 Å². The van der Waals surface area contributed by atoms with Gasteiger partial charge in [-0.2, -0.15) is 5.26 Å². The summed E-state index contributed by atoms with van der Waals surface area (Å²) in [7, 11) is 0. The van der Waals surface area contributed by atoms with Crippen LogP contribution < -0.4 is 5.32 Å². The molecule has 106 valence electrons. The van der Waals surface area contributed by atoms with Crippen molar-refractivity contribution in [3.05, 3.63) is 27.9 Å². The molecular weight excluding hydrogens is 256 g/mol. The third-order valence-corrected chi connectivity index (χ3v) is 4.17. The summed E-state index contributed by atoms with van der Waals surface area (Å²) in [5.74, 6) is 1.47. The van der Waals surface area contributed by atoms with Gasteiger partial charge in [-0.3, -0.25) is 10.1 Å². The van der Waals surface area contributed by atoms with Crippen LogP contribution in [0.1, 0.15) is 38.7 Å². The third kappa shape index (κ3) is 2.87. The Kier molecular flexibility index (Phi) is 4.18. The Morgan fingerprint density at radius 2 is 2.20 bits per heavy atom. The second-order valence-electron chi connectivity index (χ2n) is 5.53. The fourth-order valence-electron chi connectivity index (χ4n) is 2.71. The quantitative estimate of drug-likeness (QED) is 0.675. The minimum atomic E-state index is -0.539. The number of nitriles is 1. The molecule has 1 aromatic heterocycles. The van der Waals surface area contributed by atoms with Crippen molar-refractivity contribution in [3.63, 3.8) is 0 Å². The Bertz CT molecular complexity index is 553. The van der Waals surface area contributed by atoms with Gasteiger partial charge in [0.1, 0.15) is 11.6 Å². The van der Waals surface area contributed by atoms with Gasteiger partial charge in [0.15, 0.2) is 0 Å². The molecule has 0 spiro atoms. The lowest BCUT2D eigenvalue weighted by molar-refractivity contribution is -0.384. The standard InChI is InChI=1S/C14H18N4O2/c1-9-3-4-12(7-10(9)2)17-14-13(18(19)20)11(8-15)5-6-16-14/h5-6,9-10,12H,3-4,7H2,1-2H3,(H,16,17). The van der Waals surface area contributed by atoms with Gasteiger partial charge < -0.3 is 5.32 Å². The second-order valence-corrected chi connectivity index (χ2v) is 5.53. The summed E-state index contributed by atoms with van der Waals surface area (Å²) in [5, 5.41) is 23.3. The molecule has 0 saturated heterocycles. The lowest BCUT2D eigenvalue weighted by atomic mass is 9.79. The van der Waals surface area contributed by atoms with E-state index in [1.54, 1.807) is 0 Å². The van der Waals surface area contributed by atoms with E-state index in [4.69, 9.17) is 5.26 Å². The zero-order valence-electron chi connectivity index (χ0n) is 11.7. The van der Waals surface area contributed by atoms with Crippen molar-refractivity contribution in [1.82, 2.24) is 4.98 Å². The van der Waals surface area contributed by atoms with E-state index in [9.17, 15) is 10.1 Å². The number of rotatable bonds is 3. The van der Waals surface area contributed by atoms with Crippen LogP contribution in [0, 0.1) is 33.3 Å². The lowest BCUT2D eigenvalue weighted by Gasteiger charge is -2.32. The van der Waals surface area contributed by atoms with Gasteiger partial charge in [-0.15, -0.1) is 0 Å². The first kappa shape index (κ1) is 14.3. The van der Waals surface area contributed by atoms with E-state index in [-0.39, 0.29) is 23.1 Å². The van der Waals surface area contributed by atoms with Crippen LogP contribution in [-0.4, -0.2) is 15.9 Å². The molecule has 0 radical (unpaired) electrons. The molecule has 0 aliphatic heterocycles. The van der Waals surface area contributed by atoms with Crippen LogP contribution in [0.5, 0.6) is 0 Å². The van der Waals surface area contributed by atoms with Crippen LogP contribution in [0.15, 0.2) is 12.3 Å². The van der Waals surface area contributed by atoms with Gasteiger partial charge in [0.05, 0.1) is 4.92 Å². The van der Waals surface area contributed by atoms with E-state index < -0.39 is 4.92 Å². The topological polar surface area (TPSA) is 91.8 Å². The maximum Gasteiger partial charge on any atom is 0.328 e. The molecule has 1 aliphatic carbocycles. The molecule has 1 N–H and O–H groups in total. The largest absolute Gasteiger partial charge is 0.362 e. The van der Waals surface area contributed by atoms with Crippen molar-refractivity contribution >= 4 is 11.5 Å². The number of nitrogens with one attached hydrogen (secondary N) is 1. The predicted molar refractivity (Wildman–Crippen MR) is 75.2 cm³/mol. The van der Waals surface area contributed by atoms with E-state index in [1.807, 2.05) is 6.07 Å². The molecule has 1 aliphatic rings. The Labute approximate surface area is 118 Å². The van der Waals surface area contributed by atoms with Crippen LogP contribution >= 0.6 is 0 Å². The predicted octanol–water partition coefficient (Wildman–Crippen LogP) is 3.10. The van der Waals surface area contributed by atoms with Gasteiger partial charge >= 0.3 is 5.69 Å². The summed E-state index contributed by atoms with van der Waals surface area (Å²) in [4.78, 5) is 14.6. The zero-order chi connectivity index (χ0) is 14.7. The maximum absolute atomic E-state index is 11.1. The van der Waals surface area contributed by atoms with E-state index in [0.717, 1.165) is 19.3 Å². The van der Waals surface area contributed by atoms with E-state index in [2.05, 4.69) is 24.1 Å². The fourth-order valence-corrected chi connectivity index (χ4v) is 2.71. The van der Waals surface area contributed by atoms with Crippen molar-refractivity contribution < 1.29 is 4.92 Å². The minimum absolute atomic E-state index is 0.0460. The maximum atomic E-state index is 11.1. The molecule has 6 nitrogen and oxygen atoms in total. The lowest BCUT2D eigenvalue weighted by Crippen LogP contribution is -2.30. The molecule has 1 fully saturated rings. The van der Waals surface area contributed by atoms with Crippen molar-refractivity contribution in [2.24, 2.45) is 11.8 Å². The molecule has 20 heavy (non-hydrogen) atoms. The number of hydrogen-bond acceptors (Lipinski definition) is 5. The monoisotopic (exact) mass is 274 g/mol. The summed E-state index contributed by atoms with van der Waals surface area (Å²) < 4.78 is 0. The average molecular weight is 274 g/mol. The highest BCUT2D eigenvalue weighted by molar-refractivity contribution is 5.64. The van der Waals surface area contributed by atoms with Crippen molar-refractivity contribution in [3.8, 4) is 6.07 Å². The number of nitro groups is 1. The summed E-state index contributed by atoms with van der Waals surface area (Å²) >= 11 is 0. The smallest absolute Gasteiger partial charge is 0.328 e. The number of pyridine rings is 1. The molecule has 3 unspecified atom stereocenters. The fraction of sp³-hybridized carbons (Fsp3) is 0.571. The molecule has 6 heteroatoms. The van der Waals surface area contributed by atoms with Crippen LogP contribution in [0.25, 0.3) is 0 Å². The molecule has 3 atom stereocenters. The van der Waals surface area contributed by atoms with Crippen LogP contribution in [0.4, 0.5) is 11.5 Å². The Balaban J connectivity index is 2.22. The Morgan fingerprint density at radius 3 is 2.80 bits per heavy atom. The van der Waals surface area contributed by atoms with E-state index in [1.165, 1.54) is 12.3 Å². The highest BCUT2D eigenvalue weighted by Gasteiger charge is 2.28. The minimum Gasteiger partial charge on any atom is -0.362 e. The van der Waals surface area contributed by atoms with Crippen molar-refractivity contribution in [2.45, 2.75) is 39.2 Å². The van der Waals surface area contributed by atoms with E-state index in [0.29, 0.717) is 11.8 Å². The van der Waals surface area contributed by atoms with Gasteiger partial charge in [-0.25, -0.2) is 4.98 Å². The van der Waals surface area contributed by atoms with Gasteiger partial charge in [-0.1, -0.05) is 13.8 Å². The highest BCUT2D eigenvalue weighted by atomic mass is 16.6.